The Morgan fingerprint density at radius 1 is 0.782 bits per heavy atom. The fourth-order valence-electron chi connectivity index (χ4n) is 6.88. The van der Waals surface area contributed by atoms with Crippen molar-refractivity contribution in [2.75, 3.05) is 18.1 Å². The first-order chi connectivity index (χ1) is 26.1. The minimum atomic E-state index is -1.08. The van der Waals surface area contributed by atoms with Crippen molar-refractivity contribution in [3.63, 3.8) is 0 Å². The van der Waals surface area contributed by atoms with Crippen LogP contribution in [0.3, 0.4) is 0 Å². The van der Waals surface area contributed by atoms with Crippen molar-refractivity contribution in [3.8, 4) is 0 Å². The van der Waals surface area contributed by atoms with Gasteiger partial charge in [-0.15, -0.1) is 4.90 Å². The Kier molecular flexibility index (Phi) is 11.0. The fraction of sp³-hybridized carbons (Fsp3) is 0.381. The number of ether oxygens (including phenoxy) is 4. The van der Waals surface area contributed by atoms with Gasteiger partial charge in [0.15, 0.2) is 11.2 Å². The van der Waals surface area contributed by atoms with Gasteiger partial charge in [0.2, 0.25) is 5.95 Å². The molecule has 1 fully saturated rings. The van der Waals surface area contributed by atoms with Crippen LogP contribution in [0.2, 0.25) is 0 Å². The number of H-pyrrole nitrogens is 1. The van der Waals surface area contributed by atoms with Crippen LogP contribution in [-0.2, 0) is 29.3 Å². The van der Waals surface area contributed by atoms with Gasteiger partial charge in [-0.1, -0.05) is 91.0 Å². The van der Waals surface area contributed by atoms with Crippen LogP contribution in [0.15, 0.2) is 102 Å². The van der Waals surface area contributed by atoms with Crippen LogP contribution in [0.1, 0.15) is 77.6 Å². The average molecular weight is 750 g/mol. The van der Waals surface area contributed by atoms with Gasteiger partial charge in [0.05, 0.1) is 19.5 Å². The number of benzene rings is 3. The summed E-state index contributed by atoms with van der Waals surface area (Å²) in [5, 5.41) is 0. The number of nitrogens with one attached hydrogen (secondary N) is 1. The Hall–Kier alpha value is -5.82. The number of aromatic amines is 1. The van der Waals surface area contributed by atoms with E-state index < -0.39 is 40.5 Å². The number of aromatic nitrogens is 4. The van der Waals surface area contributed by atoms with E-state index >= 15 is 0 Å². The van der Waals surface area contributed by atoms with E-state index in [1.807, 2.05) is 91.0 Å². The maximum atomic E-state index is 13.5. The number of anilines is 1. The van der Waals surface area contributed by atoms with Gasteiger partial charge in [0.25, 0.3) is 5.56 Å². The number of fused-ring (bicyclic) bond motifs is 1. The zero-order valence-electron chi connectivity index (χ0n) is 32.1. The molecule has 3 atom stereocenters. The molecule has 2 heterocycles. The lowest BCUT2D eigenvalue weighted by Gasteiger charge is -2.47. The van der Waals surface area contributed by atoms with E-state index in [4.69, 9.17) is 18.9 Å². The number of nitrogens with zero attached hydrogens (tertiary/aromatic N) is 4. The van der Waals surface area contributed by atoms with E-state index in [2.05, 4.69) is 15.0 Å². The van der Waals surface area contributed by atoms with Crippen LogP contribution < -0.4 is 10.5 Å². The summed E-state index contributed by atoms with van der Waals surface area (Å²) in [6.45, 7) is 11.6. The summed E-state index contributed by atoms with van der Waals surface area (Å²) in [6.07, 6.45) is -0.106. The first kappa shape index (κ1) is 38.9. The molecule has 288 valence electrons. The predicted molar refractivity (Wildman–Crippen MR) is 206 cm³/mol. The Morgan fingerprint density at radius 2 is 1.27 bits per heavy atom. The Labute approximate surface area is 319 Å². The number of carbonyl (C=O) groups is 3. The van der Waals surface area contributed by atoms with Crippen molar-refractivity contribution in [2.45, 2.75) is 77.7 Å². The lowest BCUT2D eigenvalue weighted by molar-refractivity contribution is -0.147. The van der Waals surface area contributed by atoms with E-state index in [0.717, 1.165) is 16.7 Å². The minimum Gasteiger partial charge on any atom is -0.466 e. The molecule has 0 saturated heterocycles. The van der Waals surface area contributed by atoms with Gasteiger partial charge in [-0.05, 0) is 64.7 Å². The van der Waals surface area contributed by atoms with Crippen LogP contribution in [0.25, 0.3) is 11.2 Å². The molecule has 1 N–H and O–H groups in total. The molecule has 55 heavy (non-hydrogen) atoms. The minimum absolute atomic E-state index is 0.00684. The molecular formula is C42H47N5O8. The van der Waals surface area contributed by atoms with Crippen LogP contribution in [0.5, 0.6) is 0 Å². The number of imide groups is 1. The number of esters is 1. The molecule has 2 amide bonds. The number of hydrogen-bond donors (Lipinski definition) is 1. The quantitative estimate of drug-likeness (QED) is 0.0860. The van der Waals surface area contributed by atoms with Gasteiger partial charge in [-0.25, -0.2) is 14.6 Å². The molecule has 13 nitrogen and oxygen atoms in total. The second-order valence-corrected chi connectivity index (χ2v) is 15.6. The highest BCUT2D eigenvalue weighted by Crippen LogP contribution is 2.48. The summed E-state index contributed by atoms with van der Waals surface area (Å²) in [4.78, 5) is 64.6. The summed E-state index contributed by atoms with van der Waals surface area (Å²) in [7, 11) is 0. The van der Waals surface area contributed by atoms with Crippen molar-refractivity contribution < 1.29 is 33.3 Å². The molecule has 0 radical (unpaired) electrons. The van der Waals surface area contributed by atoms with Crippen molar-refractivity contribution in [3.05, 3.63) is 124 Å². The standard InChI is InChI=1S/C42H47N5O8/c1-27(48)52-24-28-23-33(32(28)25-53-42(29-17-11-8-12-18-29,30-19-13-9-14-20-30)31-21-15-10-16-22-31)46-26-43-34-35(46)44-37(45-36(34)49)47(38(50)54-40(2,3)4)39(51)55-41(5,6)7/h8-22,26,28,32-33H,23-25H2,1-7H3,(H,44,45,49)/t28-,32-,33-/m1/s1. The molecule has 0 spiro atoms. The third-order valence-corrected chi connectivity index (χ3v) is 9.32. The number of amides is 2. The van der Waals surface area contributed by atoms with Crippen LogP contribution in [0.4, 0.5) is 15.5 Å². The smallest absolute Gasteiger partial charge is 0.427 e. The summed E-state index contributed by atoms with van der Waals surface area (Å²) < 4.78 is 25.5. The second kappa shape index (κ2) is 15.5. The number of carbonyl (C=O) groups excluding carboxylic acids is 3. The molecule has 5 aromatic rings. The first-order valence-corrected chi connectivity index (χ1v) is 18.2. The van der Waals surface area contributed by atoms with Gasteiger partial charge >= 0.3 is 18.2 Å². The van der Waals surface area contributed by atoms with Gasteiger partial charge < -0.3 is 23.5 Å². The van der Waals surface area contributed by atoms with Crippen molar-refractivity contribution in [1.82, 2.24) is 19.5 Å². The number of rotatable bonds is 10. The molecule has 1 saturated carbocycles. The highest BCUT2D eigenvalue weighted by Gasteiger charge is 2.47. The number of hydrogen-bond acceptors (Lipinski definition) is 10. The molecule has 2 aromatic heterocycles. The van der Waals surface area contributed by atoms with Crippen LogP contribution in [-0.4, -0.2) is 62.1 Å². The summed E-state index contributed by atoms with van der Waals surface area (Å²) in [5.74, 6) is -1.16. The third kappa shape index (κ3) is 8.46. The highest BCUT2D eigenvalue weighted by molar-refractivity contribution is 6.08. The third-order valence-electron chi connectivity index (χ3n) is 9.32. The SMILES string of the molecule is CC(=O)OC[C@H]1C[C@@H](n2cnc3c(=O)[nH]c(N(C(=O)OC(C)(C)C)C(=O)OC(C)(C)C)nc32)[C@@H]1COC(c1ccccc1)(c1ccccc1)c1ccccc1. The Morgan fingerprint density at radius 3 is 1.73 bits per heavy atom. The van der Waals surface area contributed by atoms with Gasteiger partial charge in [-0.3, -0.25) is 14.6 Å². The van der Waals surface area contributed by atoms with E-state index in [1.165, 1.54) is 13.3 Å². The van der Waals surface area contributed by atoms with E-state index in [0.29, 0.717) is 11.3 Å². The largest absolute Gasteiger partial charge is 0.466 e. The Bertz CT molecular complexity index is 2070. The normalized spacial score (nSPS) is 17.3. The van der Waals surface area contributed by atoms with E-state index in [-0.39, 0.29) is 48.2 Å². The predicted octanol–water partition coefficient (Wildman–Crippen LogP) is 7.55. The maximum Gasteiger partial charge on any atom is 0.427 e. The van der Waals surface area contributed by atoms with Gasteiger partial charge in [0.1, 0.15) is 16.8 Å². The van der Waals surface area contributed by atoms with Crippen molar-refractivity contribution in [2.24, 2.45) is 11.8 Å². The zero-order valence-corrected chi connectivity index (χ0v) is 32.1. The average Bonchev–Trinajstić information content (AvgIpc) is 3.53. The van der Waals surface area contributed by atoms with Gasteiger partial charge in [0, 0.05) is 24.8 Å². The molecule has 0 bridgehead atoms. The molecule has 1 aliphatic rings. The molecule has 0 unspecified atom stereocenters. The fourth-order valence-corrected chi connectivity index (χ4v) is 6.88. The van der Waals surface area contributed by atoms with Crippen molar-refractivity contribution in [1.29, 1.82) is 0 Å². The molecule has 0 aliphatic heterocycles. The maximum absolute atomic E-state index is 13.5. The topological polar surface area (TPSA) is 155 Å². The van der Waals surface area contributed by atoms with E-state index in [1.54, 1.807) is 46.1 Å². The molecule has 13 heteroatoms. The van der Waals surface area contributed by atoms with Crippen molar-refractivity contribution >= 4 is 35.3 Å². The molecule has 3 aromatic carbocycles. The lowest BCUT2D eigenvalue weighted by atomic mass is 9.69. The number of imidazole rings is 1. The summed E-state index contributed by atoms with van der Waals surface area (Å²) in [6, 6.07) is 29.6. The zero-order chi connectivity index (χ0) is 39.5. The summed E-state index contributed by atoms with van der Waals surface area (Å²) >= 11 is 0. The highest BCUT2D eigenvalue weighted by atomic mass is 16.6. The second-order valence-electron chi connectivity index (χ2n) is 15.6. The Balaban J connectivity index is 1.43. The van der Waals surface area contributed by atoms with Crippen LogP contribution >= 0.6 is 0 Å². The lowest BCUT2D eigenvalue weighted by Crippen LogP contribution is -2.46. The molecule has 6 rings (SSSR count). The monoisotopic (exact) mass is 749 g/mol. The molecule has 1 aliphatic carbocycles. The molecular weight excluding hydrogens is 702 g/mol. The van der Waals surface area contributed by atoms with Crippen LogP contribution in [0, 0.1) is 11.8 Å². The van der Waals surface area contributed by atoms with Gasteiger partial charge in [-0.2, -0.15) is 4.98 Å². The van der Waals surface area contributed by atoms with E-state index in [9.17, 15) is 19.2 Å². The first-order valence-electron chi connectivity index (χ1n) is 18.2. The summed E-state index contributed by atoms with van der Waals surface area (Å²) in [5.41, 5.74) is -0.723.